The first-order valence-corrected chi connectivity index (χ1v) is 3.92. The van der Waals surface area contributed by atoms with E-state index in [-0.39, 0.29) is 11.7 Å². The van der Waals surface area contributed by atoms with E-state index in [1.807, 2.05) is 0 Å². The lowest BCUT2D eigenvalue weighted by molar-refractivity contribution is 0.226. The monoisotopic (exact) mass is 144 g/mol. The predicted octanol–water partition coefficient (Wildman–Crippen LogP) is 2.08. The molecule has 0 spiro atoms. The van der Waals surface area contributed by atoms with Gasteiger partial charge in [0, 0.05) is 5.54 Å². The number of rotatable bonds is 0. The van der Waals surface area contributed by atoms with Gasteiger partial charge in [-0.05, 0) is 25.7 Å². The van der Waals surface area contributed by atoms with Gasteiger partial charge >= 0.3 is 0 Å². The highest BCUT2D eigenvalue weighted by Crippen LogP contribution is 2.30. The van der Waals surface area contributed by atoms with Gasteiger partial charge in [0.15, 0.2) is 0 Å². The van der Waals surface area contributed by atoms with Crippen LogP contribution < -0.4 is 11.9 Å². The standard InChI is InChI=1S/C8H17N.H3N/c1-7-5-3-4-6-8(7,2)9;/h7H,3-6,9H2,1-2H3;1H3. The van der Waals surface area contributed by atoms with Crippen LogP contribution in [-0.4, -0.2) is 5.54 Å². The molecule has 0 aromatic carbocycles. The van der Waals surface area contributed by atoms with Crippen molar-refractivity contribution >= 4 is 0 Å². The zero-order valence-electron chi connectivity index (χ0n) is 7.19. The summed E-state index contributed by atoms with van der Waals surface area (Å²) in [7, 11) is 0. The molecule has 0 aliphatic heterocycles. The molecule has 0 bridgehead atoms. The fraction of sp³-hybridized carbons (Fsp3) is 1.00. The van der Waals surface area contributed by atoms with Crippen molar-refractivity contribution in [2.24, 2.45) is 11.7 Å². The van der Waals surface area contributed by atoms with Crippen molar-refractivity contribution in [3.63, 3.8) is 0 Å². The minimum Gasteiger partial charge on any atom is -0.344 e. The summed E-state index contributed by atoms with van der Waals surface area (Å²) in [5, 5.41) is 0. The van der Waals surface area contributed by atoms with Gasteiger partial charge < -0.3 is 11.9 Å². The molecular weight excluding hydrogens is 124 g/mol. The van der Waals surface area contributed by atoms with Gasteiger partial charge in [0.2, 0.25) is 0 Å². The van der Waals surface area contributed by atoms with E-state index in [2.05, 4.69) is 13.8 Å². The summed E-state index contributed by atoms with van der Waals surface area (Å²) in [6.07, 6.45) is 5.26. The quantitative estimate of drug-likeness (QED) is 0.546. The molecule has 62 valence electrons. The van der Waals surface area contributed by atoms with E-state index < -0.39 is 0 Å². The van der Waals surface area contributed by atoms with Crippen LogP contribution in [0, 0.1) is 5.92 Å². The molecule has 10 heavy (non-hydrogen) atoms. The molecule has 0 heterocycles. The smallest absolute Gasteiger partial charge is 0.0151 e. The Hall–Kier alpha value is -0.0800. The van der Waals surface area contributed by atoms with Crippen LogP contribution in [0.3, 0.4) is 0 Å². The first-order chi connectivity index (χ1) is 4.13. The molecule has 0 radical (unpaired) electrons. The van der Waals surface area contributed by atoms with Crippen LogP contribution in [0.4, 0.5) is 0 Å². The summed E-state index contributed by atoms with van der Waals surface area (Å²) in [5.41, 5.74) is 6.16. The van der Waals surface area contributed by atoms with Gasteiger partial charge in [-0.1, -0.05) is 19.8 Å². The third-order valence-electron chi connectivity index (χ3n) is 2.73. The second-order valence-corrected chi connectivity index (χ2v) is 3.65. The maximum absolute atomic E-state index is 6.02. The highest BCUT2D eigenvalue weighted by atomic mass is 14.7. The zero-order chi connectivity index (χ0) is 6.91. The molecule has 5 N–H and O–H groups in total. The highest BCUT2D eigenvalue weighted by molar-refractivity contribution is 4.87. The van der Waals surface area contributed by atoms with Gasteiger partial charge in [-0.25, -0.2) is 0 Å². The van der Waals surface area contributed by atoms with Crippen molar-refractivity contribution in [2.75, 3.05) is 0 Å². The van der Waals surface area contributed by atoms with Crippen molar-refractivity contribution in [1.29, 1.82) is 0 Å². The van der Waals surface area contributed by atoms with E-state index in [9.17, 15) is 0 Å². The summed E-state index contributed by atoms with van der Waals surface area (Å²) in [5.74, 6) is 0.728. The topological polar surface area (TPSA) is 61.0 Å². The minimum absolute atomic E-state index is 0. The molecule has 0 saturated heterocycles. The lowest BCUT2D eigenvalue weighted by atomic mass is 9.76. The fourth-order valence-corrected chi connectivity index (χ4v) is 1.53. The van der Waals surface area contributed by atoms with Gasteiger partial charge in [0.25, 0.3) is 0 Å². The maximum atomic E-state index is 6.02. The Bertz CT molecular complexity index is 99.4. The largest absolute Gasteiger partial charge is 0.344 e. The van der Waals surface area contributed by atoms with Crippen LogP contribution in [0.2, 0.25) is 0 Å². The minimum atomic E-state index is 0. The van der Waals surface area contributed by atoms with Crippen LogP contribution in [0.5, 0.6) is 0 Å². The average Bonchev–Trinajstić information content (AvgIpc) is 1.77. The molecule has 2 unspecified atom stereocenters. The maximum Gasteiger partial charge on any atom is 0.0151 e. The molecular formula is C8H20N2. The Balaban J connectivity index is 0.000000810. The molecule has 1 fully saturated rings. The summed E-state index contributed by atoms with van der Waals surface area (Å²) in [6.45, 7) is 4.44. The third kappa shape index (κ3) is 1.96. The predicted molar refractivity (Wildman–Crippen MR) is 45.2 cm³/mol. The van der Waals surface area contributed by atoms with Gasteiger partial charge in [-0.3, -0.25) is 0 Å². The first-order valence-electron chi connectivity index (χ1n) is 3.92. The SMILES string of the molecule is CC1CCCCC1(C)N.N. The first kappa shape index (κ1) is 9.92. The zero-order valence-corrected chi connectivity index (χ0v) is 7.19. The normalized spacial score (nSPS) is 40.5. The Morgan fingerprint density at radius 2 is 2.00 bits per heavy atom. The average molecular weight is 144 g/mol. The van der Waals surface area contributed by atoms with Crippen LogP contribution >= 0.6 is 0 Å². The molecule has 1 rings (SSSR count). The van der Waals surface area contributed by atoms with Gasteiger partial charge in [0.1, 0.15) is 0 Å². The fourth-order valence-electron chi connectivity index (χ4n) is 1.53. The van der Waals surface area contributed by atoms with Crippen molar-refractivity contribution in [3.8, 4) is 0 Å². The van der Waals surface area contributed by atoms with Crippen LogP contribution in [-0.2, 0) is 0 Å². The second kappa shape index (κ2) is 3.35. The number of hydrogen-bond acceptors (Lipinski definition) is 2. The van der Waals surface area contributed by atoms with E-state index in [1.54, 1.807) is 0 Å². The summed E-state index contributed by atoms with van der Waals surface area (Å²) < 4.78 is 0. The molecule has 0 aromatic heterocycles. The van der Waals surface area contributed by atoms with E-state index in [0.717, 1.165) is 5.92 Å². The van der Waals surface area contributed by atoms with Gasteiger partial charge in [-0.2, -0.15) is 0 Å². The van der Waals surface area contributed by atoms with E-state index >= 15 is 0 Å². The molecule has 0 amide bonds. The number of nitrogens with two attached hydrogens (primary N) is 1. The molecule has 2 heteroatoms. The van der Waals surface area contributed by atoms with Crippen molar-refractivity contribution < 1.29 is 0 Å². The summed E-state index contributed by atoms with van der Waals surface area (Å²) in [4.78, 5) is 0. The Morgan fingerprint density at radius 3 is 2.30 bits per heavy atom. The summed E-state index contributed by atoms with van der Waals surface area (Å²) >= 11 is 0. The molecule has 2 nitrogen and oxygen atoms in total. The Labute approximate surface area is 63.8 Å². The van der Waals surface area contributed by atoms with Crippen LogP contribution in [0.25, 0.3) is 0 Å². The van der Waals surface area contributed by atoms with Crippen molar-refractivity contribution in [2.45, 2.75) is 45.1 Å². The third-order valence-corrected chi connectivity index (χ3v) is 2.73. The molecule has 2 atom stereocenters. The molecule has 1 aliphatic carbocycles. The molecule has 1 saturated carbocycles. The van der Waals surface area contributed by atoms with Crippen molar-refractivity contribution in [3.05, 3.63) is 0 Å². The highest BCUT2D eigenvalue weighted by Gasteiger charge is 2.28. The molecule has 0 aromatic rings. The van der Waals surface area contributed by atoms with E-state index in [0.29, 0.717) is 0 Å². The van der Waals surface area contributed by atoms with Crippen LogP contribution in [0.1, 0.15) is 39.5 Å². The van der Waals surface area contributed by atoms with E-state index in [4.69, 9.17) is 5.73 Å². The van der Waals surface area contributed by atoms with Gasteiger partial charge in [-0.15, -0.1) is 0 Å². The van der Waals surface area contributed by atoms with Gasteiger partial charge in [0.05, 0.1) is 0 Å². The number of hydrogen-bond donors (Lipinski definition) is 2. The van der Waals surface area contributed by atoms with Crippen LogP contribution in [0.15, 0.2) is 0 Å². The second-order valence-electron chi connectivity index (χ2n) is 3.65. The Kier molecular flexibility index (Phi) is 3.33. The Morgan fingerprint density at radius 1 is 1.40 bits per heavy atom. The lowest BCUT2D eigenvalue weighted by Crippen LogP contribution is -2.44. The molecule has 1 aliphatic rings. The van der Waals surface area contributed by atoms with Crippen molar-refractivity contribution in [1.82, 2.24) is 6.15 Å². The summed E-state index contributed by atoms with van der Waals surface area (Å²) in [6, 6.07) is 0. The van der Waals surface area contributed by atoms with E-state index in [1.165, 1.54) is 25.7 Å². The lowest BCUT2D eigenvalue weighted by Gasteiger charge is -2.35.